The average molecular weight is 291 g/mol. The normalized spacial score (nSPS) is 12.2. The van der Waals surface area contributed by atoms with Crippen LogP contribution in [-0.2, 0) is 0 Å². The summed E-state index contributed by atoms with van der Waals surface area (Å²) in [6.07, 6.45) is 1.73. The topological polar surface area (TPSA) is 34.2 Å². The molecule has 0 fully saturated rings. The van der Waals surface area contributed by atoms with Crippen molar-refractivity contribution in [1.82, 2.24) is 10.3 Å². The summed E-state index contributed by atoms with van der Waals surface area (Å²) in [5.41, 5.74) is 2.07. The van der Waals surface area contributed by atoms with Crippen molar-refractivity contribution in [1.29, 1.82) is 0 Å². The lowest BCUT2D eigenvalue weighted by Gasteiger charge is -2.17. The molecule has 1 heterocycles. The van der Waals surface area contributed by atoms with Crippen LogP contribution in [0.25, 0.3) is 0 Å². The molecule has 1 atom stereocenters. The SMILES string of the molecule is CCNC(C)c1cccnc1Oc1cc(Cl)ccc1C. The van der Waals surface area contributed by atoms with E-state index in [2.05, 4.69) is 24.1 Å². The molecule has 2 aromatic rings. The van der Waals surface area contributed by atoms with E-state index in [1.54, 1.807) is 6.20 Å². The molecule has 0 bridgehead atoms. The van der Waals surface area contributed by atoms with E-state index in [1.165, 1.54) is 0 Å². The molecule has 0 radical (unpaired) electrons. The molecule has 4 heteroatoms. The second-order valence-electron chi connectivity index (χ2n) is 4.69. The van der Waals surface area contributed by atoms with Crippen molar-refractivity contribution in [3.63, 3.8) is 0 Å². The zero-order chi connectivity index (χ0) is 14.5. The lowest BCUT2D eigenvalue weighted by Crippen LogP contribution is -2.18. The number of nitrogens with one attached hydrogen (secondary N) is 1. The van der Waals surface area contributed by atoms with E-state index >= 15 is 0 Å². The summed E-state index contributed by atoms with van der Waals surface area (Å²) in [6, 6.07) is 9.73. The van der Waals surface area contributed by atoms with Gasteiger partial charge >= 0.3 is 0 Å². The fraction of sp³-hybridized carbons (Fsp3) is 0.312. The number of nitrogens with zero attached hydrogens (tertiary/aromatic N) is 1. The van der Waals surface area contributed by atoms with Crippen molar-refractivity contribution >= 4 is 11.6 Å². The summed E-state index contributed by atoms with van der Waals surface area (Å²) in [6.45, 7) is 7.06. The molecule has 20 heavy (non-hydrogen) atoms. The first-order valence-electron chi connectivity index (χ1n) is 6.74. The highest BCUT2D eigenvalue weighted by atomic mass is 35.5. The highest BCUT2D eigenvalue weighted by molar-refractivity contribution is 6.30. The van der Waals surface area contributed by atoms with Gasteiger partial charge in [-0.05, 0) is 44.2 Å². The molecule has 0 aliphatic carbocycles. The third-order valence-electron chi connectivity index (χ3n) is 3.13. The first-order valence-corrected chi connectivity index (χ1v) is 7.12. The van der Waals surface area contributed by atoms with E-state index in [-0.39, 0.29) is 6.04 Å². The van der Waals surface area contributed by atoms with E-state index in [4.69, 9.17) is 16.3 Å². The lowest BCUT2D eigenvalue weighted by molar-refractivity contribution is 0.441. The minimum Gasteiger partial charge on any atom is -0.438 e. The zero-order valence-corrected chi connectivity index (χ0v) is 12.7. The number of hydrogen-bond acceptors (Lipinski definition) is 3. The molecule has 0 aliphatic heterocycles. The predicted octanol–water partition coefficient (Wildman–Crippen LogP) is 4.51. The van der Waals surface area contributed by atoms with Gasteiger partial charge in [0.25, 0.3) is 0 Å². The molecule has 1 aromatic heterocycles. The molecule has 0 spiro atoms. The van der Waals surface area contributed by atoms with Gasteiger partial charge in [0.2, 0.25) is 5.88 Å². The summed E-state index contributed by atoms with van der Waals surface area (Å²) in [7, 11) is 0. The van der Waals surface area contributed by atoms with Crippen LogP contribution in [0.15, 0.2) is 36.5 Å². The van der Waals surface area contributed by atoms with Crippen LogP contribution in [0.2, 0.25) is 5.02 Å². The molecule has 106 valence electrons. The number of pyridine rings is 1. The van der Waals surface area contributed by atoms with Gasteiger partial charge in [0, 0.05) is 22.8 Å². The Bertz CT molecular complexity index is 586. The maximum absolute atomic E-state index is 6.02. The molecule has 0 saturated carbocycles. The standard InChI is InChI=1S/C16H19ClN2O/c1-4-18-12(3)14-6-5-9-19-16(14)20-15-10-13(17)8-7-11(15)2/h5-10,12,18H,4H2,1-3H3. The number of aryl methyl sites for hydroxylation is 1. The Kier molecular flexibility index (Phi) is 4.99. The summed E-state index contributed by atoms with van der Waals surface area (Å²) >= 11 is 6.02. The maximum Gasteiger partial charge on any atom is 0.223 e. The molecule has 0 saturated heterocycles. The number of ether oxygens (including phenoxy) is 1. The molecule has 0 amide bonds. The van der Waals surface area contributed by atoms with E-state index < -0.39 is 0 Å². The number of halogens is 1. The van der Waals surface area contributed by atoms with Crippen LogP contribution in [0.4, 0.5) is 0 Å². The molecule has 1 N–H and O–H groups in total. The average Bonchev–Trinajstić information content (AvgIpc) is 2.44. The highest BCUT2D eigenvalue weighted by Gasteiger charge is 2.13. The van der Waals surface area contributed by atoms with Gasteiger partial charge in [-0.2, -0.15) is 0 Å². The van der Waals surface area contributed by atoms with Crippen LogP contribution >= 0.6 is 11.6 Å². The van der Waals surface area contributed by atoms with Gasteiger partial charge in [0.05, 0.1) is 0 Å². The number of aromatic nitrogens is 1. The summed E-state index contributed by atoms with van der Waals surface area (Å²) in [5, 5.41) is 4.02. The number of rotatable bonds is 5. The van der Waals surface area contributed by atoms with Crippen LogP contribution in [0.5, 0.6) is 11.6 Å². The van der Waals surface area contributed by atoms with Crippen LogP contribution in [0.1, 0.15) is 31.0 Å². The van der Waals surface area contributed by atoms with Crippen LogP contribution in [0, 0.1) is 6.92 Å². The van der Waals surface area contributed by atoms with Crippen LogP contribution in [0.3, 0.4) is 0 Å². The van der Waals surface area contributed by atoms with Gasteiger partial charge in [0.1, 0.15) is 5.75 Å². The van der Waals surface area contributed by atoms with Gasteiger partial charge in [-0.1, -0.05) is 30.7 Å². The quantitative estimate of drug-likeness (QED) is 0.880. The van der Waals surface area contributed by atoms with Crippen molar-refractivity contribution in [3.8, 4) is 11.6 Å². The smallest absolute Gasteiger partial charge is 0.223 e. The Morgan fingerprint density at radius 2 is 2.15 bits per heavy atom. The summed E-state index contributed by atoms with van der Waals surface area (Å²) < 4.78 is 5.95. The molecular weight excluding hydrogens is 272 g/mol. The zero-order valence-electron chi connectivity index (χ0n) is 12.0. The Balaban J connectivity index is 2.31. The van der Waals surface area contributed by atoms with E-state index in [0.717, 1.165) is 23.4 Å². The predicted molar refractivity (Wildman–Crippen MR) is 82.6 cm³/mol. The largest absolute Gasteiger partial charge is 0.438 e. The number of hydrogen-bond donors (Lipinski definition) is 1. The lowest BCUT2D eigenvalue weighted by atomic mass is 10.1. The Morgan fingerprint density at radius 3 is 2.90 bits per heavy atom. The van der Waals surface area contributed by atoms with Gasteiger partial charge in [-0.15, -0.1) is 0 Å². The second kappa shape index (κ2) is 6.73. The molecule has 1 aromatic carbocycles. The molecule has 1 unspecified atom stereocenters. The Hall–Kier alpha value is -1.58. The van der Waals surface area contributed by atoms with Crippen molar-refractivity contribution in [3.05, 3.63) is 52.7 Å². The summed E-state index contributed by atoms with van der Waals surface area (Å²) in [4.78, 5) is 4.34. The van der Waals surface area contributed by atoms with Crippen molar-refractivity contribution in [2.45, 2.75) is 26.8 Å². The number of benzene rings is 1. The van der Waals surface area contributed by atoms with Gasteiger partial charge in [-0.3, -0.25) is 0 Å². The van der Waals surface area contributed by atoms with E-state index in [1.807, 2.05) is 37.3 Å². The monoisotopic (exact) mass is 290 g/mol. The third-order valence-corrected chi connectivity index (χ3v) is 3.37. The fourth-order valence-electron chi connectivity index (χ4n) is 2.02. The van der Waals surface area contributed by atoms with Crippen molar-refractivity contribution in [2.24, 2.45) is 0 Å². The fourth-order valence-corrected chi connectivity index (χ4v) is 2.18. The molecule has 3 nitrogen and oxygen atoms in total. The second-order valence-corrected chi connectivity index (χ2v) is 5.13. The minimum absolute atomic E-state index is 0.184. The van der Waals surface area contributed by atoms with Crippen LogP contribution in [-0.4, -0.2) is 11.5 Å². The summed E-state index contributed by atoms with van der Waals surface area (Å²) in [5.74, 6) is 1.35. The van der Waals surface area contributed by atoms with Crippen LogP contribution < -0.4 is 10.1 Å². The third kappa shape index (κ3) is 3.50. The van der Waals surface area contributed by atoms with E-state index in [9.17, 15) is 0 Å². The van der Waals surface area contributed by atoms with E-state index in [0.29, 0.717) is 10.9 Å². The van der Waals surface area contributed by atoms with Gasteiger partial charge < -0.3 is 10.1 Å². The van der Waals surface area contributed by atoms with Gasteiger partial charge in [0.15, 0.2) is 0 Å². The first kappa shape index (κ1) is 14.8. The highest BCUT2D eigenvalue weighted by Crippen LogP contribution is 2.30. The Labute approximate surface area is 124 Å². The maximum atomic E-state index is 6.02. The Morgan fingerprint density at radius 1 is 1.35 bits per heavy atom. The van der Waals surface area contributed by atoms with Crippen molar-refractivity contribution in [2.75, 3.05) is 6.54 Å². The first-order chi connectivity index (χ1) is 9.61. The molecular formula is C16H19ClN2O. The minimum atomic E-state index is 0.184. The van der Waals surface area contributed by atoms with Gasteiger partial charge in [-0.25, -0.2) is 4.98 Å². The molecule has 2 rings (SSSR count). The molecule has 0 aliphatic rings. The van der Waals surface area contributed by atoms with Crippen molar-refractivity contribution < 1.29 is 4.74 Å².